The lowest BCUT2D eigenvalue weighted by Gasteiger charge is -1.93. The Labute approximate surface area is 54.2 Å². The molecule has 1 aliphatic rings. The summed E-state index contributed by atoms with van der Waals surface area (Å²) in [7, 11) is 0. The van der Waals surface area contributed by atoms with Crippen molar-refractivity contribution >= 4 is 5.94 Å². The van der Waals surface area contributed by atoms with Crippen LogP contribution in [0.1, 0.15) is 19.3 Å². The highest BCUT2D eigenvalue weighted by atomic mass is 16.3. The lowest BCUT2D eigenvalue weighted by molar-refractivity contribution is 0.297. The number of carbonyl (C=O) groups excluding carboxylic acids is 1. The van der Waals surface area contributed by atoms with Crippen molar-refractivity contribution < 1.29 is 9.90 Å². The highest BCUT2D eigenvalue weighted by Crippen LogP contribution is 2.36. The predicted molar refractivity (Wildman–Crippen MR) is 33.6 cm³/mol. The summed E-state index contributed by atoms with van der Waals surface area (Å²) >= 11 is 0. The van der Waals surface area contributed by atoms with Gasteiger partial charge in [0.15, 0.2) is 0 Å². The standard InChI is InChI=1S/C7H10O2/c8-4-3-7(5-9)6-1-2-6/h6,8H,1-4H2. The first-order valence-corrected chi connectivity index (χ1v) is 3.23. The lowest BCUT2D eigenvalue weighted by atomic mass is 10.1. The number of aliphatic hydroxyl groups excluding tert-OH is 1. The summed E-state index contributed by atoms with van der Waals surface area (Å²) in [5.41, 5.74) is 0.775. The second kappa shape index (κ2) is 2.81. The zero-order valence-corrected chi connectivity index (χ0v) is 5.26. The summed E-state index contributed by atoms with van der Waals surface area (Å²) < 4.78 is 0. The Morgan fingerprint density at radius 2 is 2.33 bits per heavy atom. The molecule has 1 saturated carbocycles. The molecule has 1 N–H and O–H groups in total. The van der Waals surface area contributed by atoms with E-state index in [9.17, 15) is 4.79 Å². The van der Waals surface area contributed by atoms with Gasteiger partial charge in [0.05, 0.1) is 0 Å². The van der Waals surface area contributed by atoms with Crippen LogP contribution in [-0.4, -0.2) is 17.7 Å². The second-order valence-corrected chi connectivity index (χ2v) is 2.38. The largest absolute Gasteiger partial charge is 0.396 e. The fourth-order valence-corrected chi connectivity index (χ4v) is 0.891. The third-order valence-electron chi connectivity index (χ3n) is 1.58. The maximum atomic E-state index is 10.1. The van der Waals surface area contributed by atoms with Gasteiger partial charge in [-0.15, -0.1) is 0 Å². The minimum absolute atomic E-state index is 0.0844. The van der Waals surface area contributed by atoms with Crippen molar-refractivity contribution in [3.8, 4) is 0 Å². The van der Waals surface area contributed by atoms with Crippen LogP contribution in [0.3, 0.4) is 0 Å². The second-order valence-electron chi connectivity index (χ2n) is 2.38. The lowest BCUT2D eigenvalue weighted by Crippen LogP contribution is -1.90. The van der Waals surface area contributed by atoms with E-state index in [1.165, 1.54) is 0 Å². The van der Waals surface area contributed by atoms with Gasteiger partial charge in [0.25, 0.3) is 0 Å². The van der Waals surface area contributed by atoms with Gasteiger partial charge >= 0.3 is 0 Å². The van der Waals surface area contributed by atoms with E-state index in [0.717, 1.165) is 18.4 Å². The van der Waals surface area contributed by atoms with E-state index in [-0.39, 0.29) is 6.61 Å². The van der Waals surface area contributed by atoms with Gasteiger partial charge in [-0.05, 0) is 18.8 Å². The molecule has 1 aliphatic carbocycles. The summed E-state index contributed by atoms with van der Waals surface area (Å²) in [4.78, 5) is 10.1. The Morgan fingerprint density at radius 3 is 2.67 bits per heavy atom. The number of rotatable bonds is 3. The zero-order valence-electron chi connectivity index (χ0n) is 5.26. The number of hydrogen-bond donors (Lipinski definition) is 1. The maximum absolute atomic E-state index is 10.1. The SMILES string of the molecule is O=C=C(CCO)C1CC1. The average Bonchev–Trinajstić information content (AvgIpc) is 2.64. The molecule has 0 bridgehead atoms. The molecule has 0 atom stereocenters. The van der Waals surface area contributed by atoms with Crippen molar-refractivity contribution in [2.75, 3.05) is 6.61 Å². The summed E-state index contributed by atoms with van der Waals surface area (Å²) in [6.45, 7) is 0.0844. The first-order valence-electron chi connectivity index (χ1n) is 3.23. The summed E-state index contributed by atoms with van der Waals surface area (Å²) in [6, 6.07) is 0. The average molecular weight is 126 g/mol. The third kappa shape index (κ3) is 1.67. The van der Waals surface area contributed by atoms with Crippen molar-refractivity contribution in [3.63, 3.8) is 0 Å². The van der Waals surface area contributed by atoms with Crippen LogP contribution in [0.5, 0.6) is 0 Å². The molecule has 9 heavy (non-hydrogen) atoms. The van der Waals surface area contributed by atoms with E-state index in [1.54, 1.807) is 0 Å². The molecule has 0 aromatic rings. The van der Waals surface area contributed by atoms with Gasteiger partial charge < -0.3 is 5.11 Å². The number of aliphatic hydroxyl groups is 1. The van der Waals surface area contributed by atoms with Crippen LogP contribution < -0.4 is 0 Å². The molecular formula is C7H10O2. The molecule has 0 radical (unpaired) electrons. The molecule has 2 heteroatoms. The van der Waals surface area contributed by atoms with Gasteiger partial charge in [-0.25, -0.2) is 4.79 Å². The smallest absolute Gasteiger partial charge is 0.123 e. The van der Waals surface area contributed by atoms with E-state index in [2.05, 4.69) is 0 Å². The Balaban J connectivity index is 2.39. The molecule has 0 spiro atoms. The van der Waals surface area contributed by atoms with Crippen molar-refractivity contribution in [3.05, 3.63) is 5.57 Å². The fourth-order valence-electron chi connectivity index (χ4n) is 0.891. The molecule has 0 unspecified atom stereocenters. The first kappa shape index (κ1) is 6.53. The van der Waals surface area contributed by atoms with Gasteiger partial charge in [-0.3, -0.25) is 0 Å². The molecule has 0 amide bonds. The van der Waals surface area contributed by atoms with Gasteiger partial charge in [-0.2, -0.15) is 0 Å². The molecule has 50 valence electrons. The molecule has 1 fully saturated rings. The van der Waals surface area contributed by atoms with Crippen molar-refractivity contribution in [1.29, 1.82) is 0 Å². The monoisotopic (exact) mass is 126 g/mol. The quantitative estimate of drug-likeness (QED) is 0.560. The minimum atomic E-state index is 0.0844. The zero-order chi connectivity index (χ0) is 6.69. The highest BCUT2D eigenvalue weighted by molar-refractivity contribution is 5.54. The normalized spacial score (nSPS) is 17.0. The molecule has 0 heterocycles. The summed E-state index contributed by atoms with van der Waals surface area (Å²) in [6.07, 6.45) is 2.75. The third-order valence-corrected chi connectivity index (χ3v) is 1.58. The molecule has 0 aromatic carbocycles. The van der Waals surface area contributed by atoms with Gasteiger partial charge in [-0.1, -0.05) is 0 Å². The van der Waals surface area contributed by atoms with E-state index < -0.39 is 0 Å². The van der Waals surface area contributed by atoms with Crippen molar-refractivity contribution in [2.45, 2.75) is 19.3 Å². The van der Waals surface area contributed by atoms with Crippen LogP contribution in [0, 0.1) is 5.92 Å². The Kier molecular flexibility index (Phi) is 2.04. The Hall–Kier alpha value is -0.590. The fraction of sp³-hybridized carbons (Fsp3) is 0.714. The van der Waals surface area contributed by atoms with Gasteiger partial charge in [0, 0.05) is 18.6 Å². The van der Waals surface area contributed by atoms with Crippen LogP contribution in [0.4, 0.5) is 0 Å². The molecule has 1 rings (SSSR count). The van der Waals surface area contributed by atoms with E-state index in [1.807, 2.05) is 5.94 Å². The summed E-state index contributed by atoms with van der Waals surface area (Å²) in [5.74, 6) is 2.34. The maximum Gasteiger partial charge on any atom is 0.123 e. The van der Waals surface area contributed by atoms with Crippen LogP contribution in [0.2, 0.25) is 0 Å². The highest BCUT2D eigenvalue weighted by Gasteiger charge is 2.26. The molecule has 0 aromatic heterocycles. The topological polar surface area (TPSA) is 37.3 Å². The predicted octanol–water partition coefficient (Wildman–Crippen LogP) is 0.537. The van der Waals surface area contributed by atoms with Crippen LogP contribution in [0.15, 0.2) is 5.57 Å². The van der Waals surface area contributed by atoms with E-state index >= 15 is 0 Å². The Morgan fingerprint density at radius 1 is 1.67 bits per heavy atom. The van der Waals surface area contributed by atoms with Crippen LogP contribution >= 0.6 is 0 Å². The number of hydrogen-bond acceptors (Lipinski definition) is 2. The Bertz CT molecular complexity index is 141. The summed E-state index contributed by atoms with van der Waals surface area (Å²) in [5, 5.41) is 8.44. The van der Waals surface area contributed by atoms with E-state index in [4.69, 9.17) is 5.11 Å². The van der Waals surface area contributed by atoms with Gasteiger partial charge in [0.2, 0.25) is 0 Å². The molecular weight excluding hydrogens is 116 g/mol. The molecule has 0 aliphatic heterocycles. The molecule has 0 saturated heterocycles. The van der Waals surface area contributed by atoms with Crippen LogP contribution in [-0.2, 0) is 4.79 Å². The molecule has 2 nitrogen and oxygen atoms in total. The van der Waals surface area contributed by atoms with E-state index in [0.29, 0.717) is 12.3 Å². The van der Waals surface area contributed by atoms with Crippen molar-refractivity contribution in [1.82, 2.24) is 0 Å². The first-order chi connectivity index (χ1) is 4.38. The van der Waals surface area contributed by atoms with Crippen LogP contribution in [0.25, 0.3) is 0 Å². The van der Waals surface area contributed by atoms with Crippen molar-refractivity contribution in [2.24, 2.45) is 5.92 Å². The van der Waals surface area contributed by atoms with Gasteiger partial charge in [0.1, 0.15) is 5.94 Å². The minimum Gasteiger partial charge on any atom is -0.396 e.